The Morgan fingerprint density at radius 2 is 1.81 bits per heavy atom. The zero-order valence-electron chi connectivity index (χ0n) is 14.6. The van der Waals surface area contributed by atoms with E-state index in [2.05, 4.69) is 4.57 Å². The third-order valence-corrected chi connectivity index (χ3v) is 5.52. The molecule has 2 aromatic rings. The molecule has 4 rings (SSSR count). The number of hydrogen-bond acceptors (Lipinski definition) is 2. The molecule has 0 N–H and O–H groups in total. The number of amides is 2. The summed E-state index contributed by atoms with van der Waals surface area (Å²) in [4.78, 5) is 29.1. The lowest BCUT2D eigenvalue weighted by molar-refractivity contribution is -0.141. The van der Waals surface area contributed by atoms with Crippen molar-refractivity contribution in [2.75, 3.05) is 19.6 Å². The number of benzene rings is 1. The number of hydrogen-bond donors (Lipinski definition) is 0. The Bertz CT molecular complexity index is 826. The highest BCUT2D eigenvalue weighted by atomic mass is 35.5. The maximum atomic E-state index is 13.0. The fraction of sp³-hybridized carbons (Fsp3) is 0.400. The van der Waals surface area contributed by atoms with Crippen molar-refractivity contribution in [3.8, 4) is 0 Å². The summed E-state index contributed by atoms with van der Waals surface area (Å²) in [6, 6.07) is 11.4. The Morgan fingerprint density at radius 3 is 2.58 bits per heavy atom. The largest absolute Gasteiger partial charge is 0.348 e. The molecule has 2 aliphatic rings. The van der Waals surface area contributed by atoms with Crippen molar-refractivity contribution >= 4 is 23.4 Å². The van der Waals surface area contributed by atoms with E-state index in [0.717, 1.165) is 43.7 Å². The van der Waals surface area contributed by atoms with Gasteiger partial charge in [-0.1, -0.05) is 23.7 Å². The van der Waals surface area contributed by atoms with Crippen LogP contribution in [0.1, 0.15) is 36.6 Å². The van der Waals surface area contributed by atoms with Crippen LogP contribution in [0.5, 0.6) is 0 Å². The second-order valence-corrected chi connectivity index (χ2v) is 7.37. The van der Waals surface area contributed by atoms with Crippen LogP contribution in [0.25, 0.3) is 0 Å². The van der Waals surface area contributed by atoms with E-state index in [-0.39, 0.29) is 24.3 Å². The number of fused-ring (bicyclic) bond motifs is 1. The van der Waals surface area contributed by atoms with Gasteiger partial charge in [0.2, 0.25) is 11.8 Å². The van der Waals surface area contributed by atoms with Gasteiger partial charge in [-0.15, -0.1) is 0 Å². The van der Waals surface area contributed by atoms with Gasteiger partial charge in [-0.2, -0.15) is 0 Å². The van der Waals surface area contributed by atoms with Crippen LogP contribution in [0.2, 0.25) is 5.02 Å². The lowest BCUT2D eigenvalue weighted by Gasteiger charge is -2.37. The van der Waals surface area contributed by atoms with Gasteiger partial charge in [-0.05, 0) is 42.7 Å². The summed E-state index contributed by atoms with van der Waals surface area (Å²) < 4.78 is 2.16. The minimum atomic E-state index is -0.212. The molecule has 0 saturated carbocycles. The lowest BCUT2D eigenvalue weighted by Crippen LogP contribution is -2.44. The van der Waals surface area contributed by atoms with E-state index in [4.69, 9.17) is 11.6 Å². The predicted octanol–water partition coefficient (Wildman–Crippen LogP) is 3.09. The first kappa shape index (κ1) is 17.2. The average Bonchev–Trinajstić information content (AvgIpc) is 3.32. The Balaban J connectivity index is 1.61. The fourth-order valence-electron chi connectivity index (χ4n) is 3.99. The van der Waals surface area contributed by atoms with E-state index >= 15 is 0 Å². The van der Waals surface area contributed by atoms with E-state index in [0.29, 0.717) is 11.6 Å². The van der Waals surface area contributed by atoms with E-state index in [9.17, 15) is 9.59 Å². The van der Waals surface area contributed by atoms with E-state index in [1.165, 1.54) is 0 Å². The first-order chi connectivity index (χ1) is 12.6. The summed E-state index contributed by atoms with van der Waals surface area (Å²) in [5, 5.41) is 0.645. The smallest absolute Gasteiger partial charge is 0.232 e. The number of rotatable bonds is 3. The molecule has 1 aromatic carbocycles. The fourth-order valence-corrected chi connectivity index (χ4v) is 4.19. The average molecular weight is 372 g/mol. The zero-order valence-corrected chi connectivity index (χ0v) is 15.4. The third-order valence-electron chi connectivity index (χ3n) is 5.28. The summed E-state index contributed by atoms with van der Waals surface area (Å²) in [6.07, 6.45) is 4.03. The van der Waals surface area contributed by atoms with Crippen molar-refractivity contribution in [2.24, 2.45) is 0 Å². The van der Waals surface area contributed by atoms with Gasteiger partial charge in [0.05, 0.1) is 6.04 Å². The van der Waals surface area contributed by atoms with Crippen molar-refractivity contribution in [3.63, 3.8) is 0 Å². The van der Waals surface area contributed by atoms with Crippen LogP contribution in [-0.4, -0.2) is 45.8 Å². The van der Waals surface area contributed by atoms with E-state index in [1.807, 2.05) is 47.5 Å². The number of likely N-dealkylation sites (tertiary alicyclic amines) is 1. The number of carbonyl (C=O) groups excluding carboxylic acids is 2. The number of carbonyl (C=O) groups is 2. The second kappa shape index (κ2) is 7.16. The van der Waals surface area contributed by atoms with Gasteiger partial charge in [0.15, 0.2) is 0 Å². The van der Waals surface area contributed by atoms with Gasteiger partial charge < -0.3 is 14.4 Å². The van der Waals surface area contributed by atoms with Crippen molar-refractivity contribution in [1.29, 1.82) is 0 Å². The Hall–Kier alpha value is -2.27. The molecule has 3 heterocycles. The molecule has 0 unspecified atom stereocenters. The minimum Gasteiger partial charge on any atom is -0.348 e. The molecular weight excluding hydrogens is 350 g/mol. The molecule has 1 fully saturated rings. The quantitative estimate of drug-likeness (QED) is 0.778. The van der Waals surface area contributed by atoms with Crippen molar-refractivity contribution in [1.82, 2.24) is 14.4 Å². The van der Waals surface area contributed by atoms with E-state index in [1.54, 1.807) is 4.90 Å². The monoisotopic (exact) mass is 371 g/mol. The Labute approximate surface area is 158 Å². The third kappa shape index (κ3) is 3.23. The molecular formula is C20H22ClN3O2. The van der Waals surface area contributed by atoms with Crippen LogP contribution >= 0.6 is 11.6 Å². The van der Waals surface area contributed by atoms with Crippen LogP contribution in [0.15, 0.2) is 42.6 Å². The van der Waals surface area contributed by atoms with Gasteiger partial charge in [0.25, 0.3) is 0 Å². The van der Waals surface area contributed by atoms with Crippen molar-refractivity contribution in [3.05, 3.63) is 58.9 Å². The van der Waals surface area contributed by atoms with Gasteiger partial charge >= 0.3 is 0 Å². The molecule has 6 heteroatoms. The first-order valence-electron chi connectivity index (χ1n) is 9.11. The SMILES string of the molecule is O=C(CC(=O)N1CCn2cccc2[C@@H]1c1cccc(Cl)c1)N1CCCC1. The van der Waals surface area contributed by atoms with E-state index < -0.39 is 0 Å². The van der Waals surface area contributed by atoms with Crippen molar-refractivity contribution in [2.45, 2.75) is 31.8 Å². The maximum Gasteiger partial charge on any atom is 0.232 e. The summed E-state index contributed by atoms with van der Waals surface area (Å²) >= 11 is 6.19. The van der Waals surface area contributed by atoms with Gasteiger partial charge in [-0.3, -0.25) is 9.59 Å². The van der Waals surface area contributed by atoms with Gasteiger partial charge in [-0.25, -0.2) is 0 Å². The molecule has 136 valence electrons. The highest BCUT2D eigenvalue weighted by molar-refractivity contribution is 6.30. The minimum absolute atomic E-state index is 0.0571. The molecule has 2 aliphatic heterocycles. The van der Waals surface area contributed by atoms with Crippen molar-refractivity contribution < 1.29 is 9.59 Å². The second-order valence-electron chi connectivity index (χ2n) is 6.94. The molecule has 2 amide bonds. The van der Waals surface area contributed by atoms with Crippen LogP contribution in [0.3, 0.4) is 0 Å². The number of halogens is 1. The summed E-state index contributed by atoms with van der Waals surface area (Å²) in [5.41, 5.74) is 2.03. The molecule has 1 saturated heterocycles. The molecule has 26 heavy (non-hydrogen) atoms. The van der Waals surface area contributed by atoms with Gasteiger partial charge in [0, 0.05) is 43.1 Å². The Kier molecular flexibility index (Phi) is 4.72. The molecule has 0 spiro atoms. The Morgan fingerprint density at radius 1 is 1.00 bits per heavy atom. The highest BCUT2D eigenvalue weighted by Gasteiger charge is 2.33. The normalized spacial score (nSPS) is 19.5. The maximum absolute atomic E-state index is 13.0. The summed E-state index contributed by atoms with van der Waals surface area (Å²) in [7, 11) is 0. The number of nitrogens with zero attached hydrogens (tertiary/aromatic N) is 3. The van der Waals surface area contributed by atoms with Crippen LogP contribution < -0.4 is 0 Å². The highest BCUT2D eigenvalue weighted by Crippen LogP contribution is 2.34. The molecule has 5 nitrogen and oxygen atoms in total. The molecule has 0 radical (unpaired) electrons. The topological polar surface area (TPSA) is 45.6 Å². The zero-order chi connectivity index (χ0) is 18.1. The predicted molar refractivity (Wildman–Crippen MR) is 99.9 cm³/mol. The first-order valence-corrected chi connectivity index (χ1v) is 9.49. The standard InChI is InChI=1S/C20H22ClN3O2/c21-16-6-3-5-15(13-16)20-17-7-4-10-22(17)11-12-24(20)19(26)14-18(25)23-8-1-2-9-23/h3-7,10,13,20H,1-2,8-9,11-12,14H2/t20-/m0/s1. The summed E-state index contributed by atoms with van der Waals surface area (Å²) in [5.74, 6) is -0.169. The molecule has 0 bridgehead atoms. The molecule has 1 atom stereocenters. The van der Waals surface area contributed by atoms with Crippen LogP contribution in [0, 0.1) is 0 Å². The van der Waals surface area contributed by atoms with Crippen LogP contribution in [-0.2, 0) is 16.1 Å². The van der Waals surface area contributed by atoms with Crippen LogP contribution in [0.4, 0.5) is 0 Å². The molecule has 1 aromatic heterocycles. The van der Waals surface area contributed by atoms with Gasteiger partial charge in [0.1, 0.15) is 6.42 Å². The lowest BCUT2D eigenvalue weighted by atomic mass is 9.99. The summed E-state index contributed by atoms with van der Waals surface area (Å²) in [6.45, 7) is 2.87. The molecule has 0 aliphatic carbocycles. The number of aromatic nitrogens is 1.